The second-order valence-corrected chi connectivity index (χ2v) is 8.34. The fourth-order valence-electron chi connectivity index (χ4n) is 3.95. The van der Waals surface area contributed by atoms with E-state index in [1.807, 2.05) is 11.5 Å². The fraction of sp³-hybridized carbons (Fsp3) is 0.320. The Morgan fingerprint density at radius 3 is 2.70 bits per heavy atom. The molecule has 0 unspecified atom stereocenters. The predicted octanol–water partition coefficient (Wildman–Crippen LogP) is 4.71. The average molecular weight is 451 g/mol. The van der Waals surface area contributed by atoms with E-state index in [-0.39, 0.29) is 17.6 Å². The molecule has 33 heavy (non-hydrogen) atoms. The Bertz CT molecular complexity index is 1220. The highest BCUT2D eigenvalue weighted by atomic mass is 19.1. The lowest BCUT2D eigenvalue weighted by molar-refractivity contribution is 0.0763. The van der Waals surface area contributed by atoms with Gasteiger partial charge in [0.25, 0.3) is 11.8 Å². The van der Waals surface area contributed by atoms with Gasteiger partial charge in [-0.15, -0.1) is 0 Å². The molecule has 2 aromatic carbocycles. The molecule has 0 atom stereocenters. The molecule has 0 saturated heterocycles. The van der Waals surface area contributed by atoms with Crippen LogP contribution in [-0.2, 0) is 6.67 Å². The predicted molar refractivity (Wildman–Crippen MR) is 123 cm³/mol. The number of fused-ring (bicyclic) bond motifs is 1. The monoisotopic (exact) mass is 450 g/mol. The highest BCUT2D eigenvalue weighted by Crippen LogP contribution is 2.33. The zero-order chi connectivity index (χ0) is 23.7. The third-order valence-electron chi connectivity index (χ3n) is 5.63. The van der Waals surface area contributed by atoms with Crippen molar-refractivity contribution >= 4 is 11.8 Å². The topological polar surface area (TPSA) is 67.7 Å². The van der Waals surface area contributed by atoms with E-state index in [0.717, 1.165) is 18.5 Å². The van der Waals surface area contributed by atoms with Crippen molar-refractivity contribution in [3.63, 3.8) is 0 Å². The van der Waals surface area contributed by atoms with E-state index in [4.69, 9.17) is 4.74 Å². The number of halogens is 1. The number of ether oxygens (including phenoxy) is 1. The van der Waals surface area contributed by atoms with Crippen LogP contribution in [0.25, 0.3) is 11.3 Å². The Morgan fingerprint density at radius 1 is 1.21 bits per heavy atom. The molecule has 8 heteroatoms. The van der Waals surface area contributed by atoms with Crippen LogP contribution in [0, 0.1) is 12.7 Å². The standard InChI is InChI=1S/C25H27FN4O3/c1-5-6-12-29-15-30-22(16(2)27-23(30)25(29)32)17-10-11-21(20(26)14-17)33-19-9-7-8-18(13-19)24(31)28(3)4/h7-11,13-14H,5-6,12,15H2,1-4H3. The lowest BCUT2D eigenvalue weighted by Crippen LogP contribution is -2.26. The molecule has 0 bridgehead atoms. The SMILES string of the molecule is CCCCN1Cn2c(nc(C)c2-c2ccc(Oc3cccc(C(=O)N(C)C)c3)c(F)c2)C1=O. The number of benzene rings is 2. The van der Waals surface area contributed by atoms with Crippen LogP contribution >= 0.6 is 0 Å². The third kappa shape index (κ3) is 4.33. The van der Waals surface area contributed by atoms with Gasteiger partial charge in [-0.25, -0.2) is 9.37 Å². The van der Waals surface area contributed by atoms with Gasteiger partial charge in [-0.3, -0.25) is 9.59 Å². The molecule has 2 heterocycles. The lowest BCUT2D eigenvalue weighted by atomic mass is 10.1. The summed E-state index contributed by atoms with van der Waals surface area (Å²) in [6.45, 7) is 4.99. The van der Waals surface area contributed by atoms with Crippen LogP contribution < -0.4 is 4.74 Å². The van der Waals surface area contributed by atoms with Gasteiger partial charge in [0.1, 0.15) is 5.75 Å². The first kappa shape index (κ1) is 22.5. The van der Waals surface area contributed by atoms with E-state index in [1.54, 1.807) is 55.4 Å². The van der Waals surface area contributed by atoms with Crippen molar-refractivity contribution in [3.05, 3.63) is 65.4 Å². The molecule has 4 rings (SSSR count). The largest absolute Gasteiger partial charge is 0.454 e. The quantitative estimate of drug-likeness (QED) is 0.523. The zero-order valence-electron chi connectivity index (χ0n) is 19.3. The summed E-state index contributed by atoms with van der Waals surface area (Å²) in [7, 11) is 3.33. The highest BCUT2D eigenvalue weighted by Gasteiger charge is 2.32. The smallest absolute Gasteiger partial charge is 0.291 e. The number of hydrogen-bond acceptors (Lipinski definition) is 4. The summed E-state index contributed by atoms with van der Waals surface area (Å²) in [5.74, 6) is 0.00973. The molecule has 7 nitrogen and oxygen atoms in total. The molecule has 1 aliphatic heterocycles. The second kappa shape index (κ2) is 9.05. The lowest BCUT2D eigenvalue weighted by Gasteiger charge is -2.16. The molecular formula is C25H27FN4O3. The minimum atomic E-state index is -0.543. The van der Waals surface area contributed by atoms with Crippen LogP contribution in [0.15, 0.2) is 42.5 Å². The minimum absolute atomic E-state index is 0.0488. The molecule has 3 aromatic rings. The third-order valence-corrected chi connectivity index (χ3v) is 5.63. The number of nitrogens with zero attached hydrogens (tertiary/aromatic N) is 4. The highest BCUT2D eigenvalue weighted by molar-refractivity contribution is 5.94. The Hall–Kier alpha value is -3.68. The number of rotatable bonds is 7. The fourth-order valence-corrected chi connectivity index (χ4v) is 3.95. The molecule has 1 aliphatic rings. The Labute approximate surface area is 192 Å². The molecule has 0 aliphatic carbocycles. The Morgan fingerprint density at radius 2 is 2.00 bits per heavy atom. The summed E-state index contributed by atoms with van der Waals surface area (Å²) in [5.41, 5.74) is 2.48. The van der Waals surface area contributed by atoms with E-state index in [1.165, 1.54) is 11.0 Å². The molecule has 0 fully saturated rings. The van der Waals surface area contributed by atoms with E-state index in [9.17, 15) is 9.59 Å². The number of aryl methyl sites for hydroxylation is 1. The van der Waals surface area contributed by atoms with E-state index in [2.05, 4.69) is 11.9 Å². The summed E-state index contributed by atoms with van der Waals surface area (Å²) in [6.07, 6.45) is 1.92. The van der Waals surface area contributed by atoms with Crippen molar-refractivity contribution in [1.82, 2.24) is 19.4 Å². The van der Waals surface area contributed by atoms with Crippen molar-refractivity contribution in [2.24, 2.45) is 0 Å². The van der Waals surface area contributed by atoms with E-state index >= 15 is 4.39 Å². The summed E-state index contributed by atoms with van der Waals surface area (Å²) in [6, 6.07) is 11.3. The molecule has 0 saturated carbocycles. The van der Waals surface area contributed by atoms with Gasteiger partial charge in [-0.2, -0.15) is 0 Å². The molecule has 0 spiro atoms. The number of carbonyl (C=O) groups excluding carboxylic acids is 2. The van der Waals surface area contributed by atoms with Gasteiger partial charge >= 0.3 is 0 Å². The number of aromatic nitrogens is 2. The van der Waals surface area contributed by atoms with E-state index < -0.39 is 5.82 Å². The summed E-state index contributed by atoms with van der Waals surface area (Å²) in [4.78, 5) is 32.5. The molecule has 1 aromatic heterocycles. The van der Waals surface area contributed by atoms with Gasteiger partial charge in [0.15, 0.2) is 11.6 Å². The first-order valence-electron chi connectivity index (χ1n) is 11.0. The first-order valence-corrected chi connectivity index (χ1v) is 11.0. The Kier molecular flexibility index (Phi) is 6.18. The number of carbonyl (C=O) groups is 2. The number of unbranched alkanes of at least 4 members (excludes halogenated alkanes) is 1. The van der Waals surface area contributed by atoms with Gasteiger partial charge < -0.3 is 19.1 Å². The second-order valence-electron chi connectivity index (χ2n) is 8.34. The first-order chi connectivity index (χ1) is 15.8. The summed E-state index contributed by atoms with van der Waals surface area (Å²) >= 11 is 0. The summed E-state index contributed by atoms with van der Waals surface area (Å²) < 4.78 is 22.6. The van der Waals surface area contributed by atoms with Crippen LogP contribution in [0.4, 0.5) is 4.39 Å². The molecule has 172 valence electrons. The molecule has 0 N–H and O–H groups in total. The van der Waals surface area contributed by atoms with Crippen LogP contribution in [0.2, 0.25) is 0 Å². The maximum atomic E-state index is 15.0. The number of imidazole rings is 1. The zero-order valence-corrected chi connectivity index (χ0v) is 19.3. The van der Waals surface area contributed by atoms with Crippen molar-refractivity contribution in [3.8, 4) is 22.8 Å². The van der Waals surface area contributed by atoms with E-state index in [0.29, 0.717) is 41.6 Å². The van der Waals surface area contributed by atoms with Crippen LogP contribution in [-0.4, -0.2) is 51.8 Å². The molecule has 2 amide bonds. The minimum Gasteiger partial charge on any atom is -0.454 e. The van der Waals surface area contributed by atoms with Crippen LogP contribution in [0.3, 0.4) is 0 Å². The van der Waals surface area contributed by atoms with Gasteiger partial charge in [0.05, 0.1) is 18.1 Å². The van der Waals surface area contributed by atoms with Crippen molar-refractivity contribution < 1.29 is 18.7 Å². The van der Waals surface area contributed by atoms with Gasteiger partial charge in [0, 0.05) is 31.8 Å². The van der Waals surface area contributed by atoms with Crippen molar-refractivity contribution in [2.45, 2.75) is 33.4 Å². The average Bonchev–Trinajstić information content (AvgIpc) is 3.27. The van der Waals surface area contributed by atoms with Gasteiger partial charge in [0.2, 0.25) is 5.82 Å². The van der Waals surface area contributed by atoms with Crippen molar-refractivity contribution in [2.75, 3.05) is 20.6 Å². The normalized spacial score (nSPS) is 12.8. The van der Waals surface area contributed by atoms with Crippen LogP contribution in [0.1, 0.15) is 46.4 Å². The molecular weight excluding hydrogens is 423 g/mol. The van der Waals surface area contributed by atoms with Crippen molar-refractivity contribution in [1.29, 1.82) is 0 Å². The maximum Gasteiger partial charge on any atom is 0.291 e. The number of hydrogen-bond donors (Lipinski definition) is 0. The summed E-state index contributed by atoms with van der Waals surface area (Å²) in [5, 5.41) is 0. The van der Waals surface area contributed by atoms with Gasteiger partial charge in [-0.05, 0) is 49.7 Å². The molecule has 0 radical (unpaired) electrons. The maximum absolute atomic E-state index is 15.0. The van der Waals surface area contributed by atoms with Crippen LogP contribution in [0.5, 0.6) is 11.5 Å². The number of amides is 2. The Balaban J connectivity index is 1.59. The van der Waals surface area contributed by atoms with Gasteiger partial charge in [-0.1, -0.05) is 19.4 Å².